The van der Waals surface area contributed by atoms with E-state index in [1.807, 2.05) is 0 Å². The van der Waals surface area contributed by atoms with Gasteiger partial charge in [0.05, 0.1) is 24.4 Å². The van der Waals surface area contributed by atoms with Gasteiger partial charge in [0.25, 0.3) is 0 Å². The molecule has 1 aromatic carbocycles. The number of nitrogens with zero attached hydrogens (tertiary/aromatic N) is 1. The molecule has 0 aliphatic carbocycles. The first-order chi connectivity index (χ1) is 7.79. The molecule has 0 fully saturated rings. The molecule has 82 valence electrons. The van der Waals surface area contributed by atoms with Crippen molar-refractivity contribution in [1.82, 2.24) is 4.98 Å². The Labute approximate surface area is 93.1 Å². The fourth-order valence-corrected chi connectivity index (χ4v) is 2.34. The number of hydrogen-bond acceptors (Lipinski definition) is 2. The molecule has 3 heteroatoms. The molecule has 1 aromatic heterocycles. The molecule has 0 saturated carbocycles. The van der Waals surface area contributed by atoms with E-state index < -0.39 is 0 Å². The van der Waals surface area contributed by atoms with E-state index in [1.54, 1.807) is 12.1 Å². The van der Waals surface area contributed by atoms with Crippen molar-refractivity contribution in [3.63, 3.8) is 0 Å². The van der Waals surface area contributed by atoms with Crippen LogP contribution in [0.1, 0.15) is 23.7 Å². The average molecular weight is 217 g/mol. The highest BCUT2D eigenvalue weighted by Crippen LogP contribution is 2.29. The summed E-state index contributed by atoms with van der Waals surface area (Å²) >= 11 is 0. The Morgan fingerprint density at radius 2 is 2.25 bits per heavy atom. The largest absolute Gasteiger partial charge is 0.370 e. The number of hydrogen-bond donors (Lipinski definition) is 0. The first kappa shape index (κ1) is 9.73. The van der Waals surface area contributed by atoms with Crippen molar-refractivity contribution >= 4 is 10.9 Å². The number of pyridine rings is 1. The summed E-state index contributed by atoms with van der Waals surface area (Å²) in [5, 5.41) is 0.923. The molecule has 0 atom stereocenters. The molecule has 16 heavy (non-hydrogen) atoms. The van der Waals surface area contributed by atoms with Crippen LogP contribution in [0.3, 0.4) is 0 Å². The lowest BCUT2D eigenvalue weighted by atomic mass is 10.00. The average Bonchev–Trinajstić information content (AvgIpc) is 2.73. The van der Waals surface area contributed by atoms with E-state index in [-0.39, 0.29) is 5.82 Å². The van der Waals surface area contributed by atoms with E-state index in [2.05, 4.69) is 11.9 Å². The van der Waals surface area contributed by atoms with Crippen LogP contribution in [0.2, 0.25) is 0 Å². The molecule has 3 rings (SSSR count). The Balaban J connectivity index is 2.40. The van der Waals surface area contributed by atoms with Crippen molar-refractivity contribution < 1.29 is 9.13 Å². The first-order valence-electron chi connectivity index (χ1n) is 5.47. The lowest BCUT2D eigenvalue weighted by molar-refractivity contribution is 0.133. The second-order valence-corrected chi connectivity index (χ2v) is 4.02. The summed E-state index contributed by atoms with van der Waals surface area (Å²) < 4.78 is 18.6. The Kier molecular flexibility index (Phi) is 2.14. The third-order valence-corrected chi connectivity index (χ3v) is 3.09. The van der Waals surface area contributed by atoms with Gasteiger partial charge in [0.1, 0.15) is 5.82 Å². The van der Waals surface area contributed by atoms with E-state index in [0.29, 0.717) is 13.2 Å². The van der Waals surface area contributed by atoms with Crippen LogP contribution in [0.5, 0.6) is 0 Å². The molecular weight excluding hydrogens is 205 g/mol. The summed E-state index contributed by atoms with van der Waals surface area (Å²) in [6.07, 6.45) is 0.883. The Hall–Kier alpha value is -1.48. The molecule has 2 heterocycles. The lowest BCUT2D eigenvalue weighted by Crippen LogP contribution is -1.98. The monoisotopic (exact) mass is 217 g/mol. The van der Waals surface area contributed by atoms with E-state index in [0.717, 1.165) is 28.6 Å². The molecular formula is C13H12FNO. The van der Waals surface area contributed by atoms with E-state index in [9.17, 15) is 4.39 Å². The molecule has 0 saturated heterocycles. The Morgan fingerprint density at radius 1 is 1.38 bits per heavy atom. The van der Waals surface area contributed by atoms with Crippen LogP contribution in [-0.4, -0.2) is 4.98 Å². The van der Waals surface area contributed by atoms with Gasteiger partial charge in [-0.25, -0.2) is 9.37 Å². The smallest absolute Gasteiger partial charge is 0.123 e. The molecule has 0 amide bonds. The zero-order chi connectivity index (χ0) is 11.1. The normalized spacial score (nSPS) is 14.4. The van der Waals surface area contributed by atoms with Crippen molar-refractivity contribution in [3.05, 3.63) is 40.8 Å². The molecule has 0 bridgehead atoms. The van der Waals surface area contributed by atoms with Gasteiger partial charge in [0, 0.05) is 10.9 Å². The van der Waals surface area contributed by atoms with E-state index >= 15 is 0 Å². The van der Waals surface area contributed by atoms with Crippen LogP contribution in [0, 0.1) is 5.82 Å². The molecule has 0 spiro atoms. The second kappa shape index (κ2) is 3.52. The summed E-state index contributed by atoms with van der Waals surface area (Å²) in [4.78, 5) is 4.51. The third-order valence-electron chi connectivity index (χ3n) is 3.09. The molecule has 1 aliphatic heterocycles. The highest BCUT2D eigenvalue weighted by molar-refractivity contribution is 5.84. The van der Waals surface area contributed by atoms with Crippen LogP contribution >= 0.6 is 0 Å². The fourth-order valence-electron chi connectivity index (χ4n) is 2.34. The quantitative estimate of drug-likeness (QED) is 0.732. The number of rotatable bonds is 1. The molecule has 0 unspecified atom stereocenters. The number of aromatic nitrogens is 1. The van der Waals surface area contributed by atoms with Crippen LogP contribution in [0.4, 0.5) is 4.39 Å². The fraction of sp³-hybridized carbons (Fsp3) is 0.308. The predicted molar refractivity (Wildman–Crippen MR) is 59.6 cm³/mol. The SMILES string of the molecule is CCc1c2c(nc3ccc(F)cc13)COC2. The predicted octanol–water partition coefficient (Wildman–Crippen LogP) is 2.97. The summed E-state index contributed by atoms with van der Waals surface area (Å²) in [5.74, 6) is -0.206. The van der Waals surface area contributed by atoms with Crippen molar-refractivity contribution in [3.8, 4) is 0 Å². The number of halogens is 1. The number of benzene rings is 1. The maximum Gasteiger partial charge on any atom is 0.123 e. The van der Waals surface area contributed by atoms with Crippen LogP contribution in [-0.2, 0) is 24.4 Å². The highest BCUT2D eigenvalue weighted by Gasteiger charge is 2.19. The standard InChI is InChI=1S/C13H12FNO/c1-2-9-10-5-8(14)3-4-12(10)15-13-7-16-6-11(9)13/h3-5H,2,6-7H2,1H3. The van der Waals surface area contributed by atoms with Gasteiger partial charge < -0.3 is 4.74 Å². The van der Waals surface area contributed by atoms with Gasteiger partial charge in [-0.2, -0.15) is 0 Å². The van der Waals surface area contributed by atoms with Gasteiger partial charge in [0.2, 0.25) is 0 Å². The summed E-state index contributed by atoms with van der Waals surface area (Å²) in [7, 11) is 0. The number of fused-ring (bicyclic) bond motifs is 2. The molecule has 0 radical (unpaired) electrons. The van der Waals surface area contributed by atoms with Gasteiger partial charge in [-0.1, -0.05) is 6.92 Å². The topological polar surface area (TPSA) is 22.1 Å². The minimum atomic E-state index is -0.206. The number of aryl methyl sites for hydroxylation is 1. The Bertz CT molecular complexity index is 565. The maximum absolute atomic E-state index is 13.2. The summed E-state index contributed by atoms with van der Waals surface area (Å²) in [6, 6.07) is 4.76. The van der Waals surface area contributed by atoms with Gasteiger partial charge in [0.15, 0.2) is 0 Å². The Morgan fingerprint density at radius 3 is 3.06 bits per heavy atom. The van der Waals surface area contributed by atoms with Gasteiger partial charge in [-0.05, 0) is 30.2 Å². The van der Waals surface area contributed by atoms with Gasteiger partial charge in [-0.15, -0.1) is 0 Å². The molecule has 2 nitrogen and oxygen atoms in total. The van der Waals surface area contributed by atoms with Crippen molar-refractivity contribution in [2.24, 2.45) is 0 Å². The van der Waals surface area contributed by atoms with Gasteiger partial charge >= 0.3 is 0 Å². The molecule has 1 aliphatic rings. The van der Waals surface area contributed by atoms with E-state index in [1.165, 1.54) is 11.6 Å². The van der Waals surface area contributed by atoms with Crippen molar-refractivity contribution in [1.29, 1.82) is 0 Å². The zero-order valence-electron chi connectivity index (χ0n) is 9.09. The first-order valence-corrected chi connectivity index (χ1v) is 5.47. The lowest BCUT2D eigenvalue weighted by Gasteiger charge is -2.09. The minimum absolute atomic E-state index is 0.206. The van der Waals surface area contributed by atoms with Crippen LogP contribution in [0.15, 0.2) is 18.2 Å². The maximum atomic E-state index is 13.2. The second-order valence-electron chi connectivity index (χ2n) is 4.02. The van der Waals surface area contributed by atoms with Crippen LogP contribution in [0.25, 0.3) is 10.9 Å². The van der Waals surface area contributed by atoms with Crippen molar-refractivity contribution in [2.45, 2.75) is 26.6 Å². The highest BCUT2D eigenvalue weighted by atomic mass is 19.1. The van der Waals surface area contributed by atoms with E-state index in [4.69, 9.17) is 4.74 Å². The number of ether oxygens (including phenoxy) is 1. The molecule has 0 N–H and O–H groups in total. The van der Waals surface area contributed by atoms with Crippen molar-refractivity contribution in [2.75, 3.05) is 0 Å². The van der Waals surface area contributed by atoms with Crippen LogP contribution < -0.4 is 0 Å². The zero-order valence-corrected chi connectivity index (χ0v) is 9.09. The molecule has 2 aromatic rings. The summed E-state index contributed by atoms with van der Waals surface area (Å²) in [5.41, 5.74) is 4.20. The summed E-state index contributed by atoms with van der Waals surface area (Å²) in [6.45, 7) is 3.27. The minimum Gasteiger partial charge on any atom is -0.370 e. The third kappa shape index (κ3) is 1.32. The van der Waals surface area contributed by atoms with Gasteiger partial charge in [-0.3, -0.25) is 0 Å².